The summed E-state index contributed by atoms with van der Waals surface area (Å²) in [7, 11) is 0. The minimum atomic E-state index is 0.0702. The quantitative estimate of drug-likeness (QED) is 0.312. The average molecular weight is 645 g/mol. The number of hydrogen-bond acceptors (Lipinski definition) is 0. The van der Waals surface area contributed by atoms with Crippen LogP contribution < -0.4 is 10.4 Å². The standard InChI is InChI=1S/C50H44/c1-50(2,3)36-25-26-45-46(30-36)47(33-22-19-32(20-23-33)35-24-21-31-11-4-5-12-34(31)29-35)40-15-8-9-16-41(40)49(45)44-28-27-43-38-14-7-6-13-37(38)39-17-10-18-42(44)48(39)43/h4-31,34,37-38,43,45-46,48H,1-3H3. The normalized spacial score (nSPS) is 32.3. The molecule has 244 valence electrons. The van der Waals surface area contributed by atoms with Crippen molar-refractivity contribution in [2.24, 2.45) is 52.8 Å². The molecule has 2 aromatic rings. The van der Waals surface area contributed by atoms with Gasteiger partial charge >= 0.3 is 0 Å². The highest BCUT2D eigenvalue weighted by atomic mass is 14.5. The van der Waals surface area contributed by atoms with Crippen LogP contribution in [0.1, 0.15) is 31.9 Å². The Bertz CT molecular complexity index is 2320. The van der Waals surface area contributed by atoms with Gasteiger partial charge in [-0.3, -0.25) is 0 Å². The second-order valence-electron chi connectivity index (χ2n) is 16.3. The molecule has 1 fully saturated rings. The number of benzene rings is 2. The molecule has 8 aliphatic rings. The topological polar surface area (TPSA) is 0 Å². The zero-order valence-electron chi connectivity index (χ0n) is 29.2. The minimum Gasteiger partial charge on any atom is -0.0799 e. The summed E-state index contributed by atoms with van der Waals surface area (Å²) in [5.74, 6) is 3.44. The Labute approximate surface area is 297 Å². The summed E-state index contributed by atoms with van der Waals surface area (Å²) in [6.45, 7) is 7.05. The summed E-state index contributed by atoms with van der Waals surface area (Å²) < 4.78 is 0. The fourth-order valence-corrected chi connectivity index (χ4v) is 10.2. The van der Waals surface area contributed by atoms with Crippen molar-refractivity contribution in [1.82, 2.24) is 0 Å². The van der Waals surface area contributed by atoms with Gasteiger partial charge in [0, 0.05) is 35.5 Å². The van der Waals surface area contributed by atoms with Crippen LogP contribution in [0.4, 0.5) is 0 Å². The molecule has 0 saturated heterocycles. The van der Waals surface area contributed by atoms with E-state index in [1.54, 1.807) is 5.57 Å². The smallest absolute Gasteiger partial charge is 0.0140 e. The first-order valence-corrected chi connectivity index (χ1v) is 18.7. The van der Waals surface area contributed by atoms with E-state index in [4.69, 9.17) is 0 Å². The lowest BCUT2D eigenvalue weighted by molar-refractivity contribution is 0.453. The third kappa shape index (κ3) is 4.57. The van der Waals surface area contributed by atoms with Gasteiger partial charge < -0.3 is 0 Å². The van der Waals surface area contributed by atoms with Crippen LogP contribution in [0.15, 0.2) is 186 Å². The van der Waals surface area contributed by atoms with Crippen molar-refractivity contribution in [2.45, 2.75) is 20.8 Å². The molecule has 10 rings (SSSR count). The van der Waals surface area contributed by atoms with Gasteiger partial charge in [0.1, 0.15) is 0 Å². The van der Waals surface area contributed by atoms with E-state index in [0.29, 0.717) is 35.5 Å². The summed E-state index contributed by atoms with van der Waals surface area (Å²) in [5, 5.41) is 2.76. The van der Waals surface area contributed by atoms with E-state index in [1.165, 1.54) is 55.0 Å². The Morgan fingerprint density at radius 2 is 1.26 bits per heavy atom. The summed E-state index contributed by atoms with van der Waals surface area (Å²) >= 11 is 0. The molecule has 8 aliphatic carbocycles. The van der Waals surface area contributed by atoms with Gasteiger partial charge in [-0.2, -0.15) is 0 Å². The highest BCUT2D eigenvalue weighted by Crippen LogP contribution is 2.57. The van der Waals surface area contributed by atoms with Crippen LogP contribution in [-0.2, 0) is 0 Å². The molecule has 1 saturated carbocycles. The van der Waals surface area contributed by atoms with Crippen molar-refractivity contribution in [2.75, 3.05) is 0 Å². The summed E-state index contributed by atoms with van der Waals surface area (Å²) in [4.78, 5) is 0. The summed E-state index contributed by atoms with van der Waals surface area (Å²) in [6, 6.07) is 18.7. The number of fused-ring (bicyclic) bond motifs is 6. The van der Waals surface area contributed by atoms with Gasteiger partial charge in [-0.15, -0.1) is 0 Å². The van der Waals surface area contributed by atoms with E-state index in [-0.39, 0.29) is 17.3 Å². The van der Waals surface area contributed by atoms with Gasteiger partial charge in [0.05, 0.1) is 0 Å². The monoisotopic (exact) mass is 644 g/mol. The van der Waals surface area contributed by atoms with Crippen LogP contribution in [-0.4, -0.2) is 0 Å². The van der Waals surface area contributed by atoms with Crippen LogP contribution in [0, 0.1) is 52.8 Å². The summed E-state index contributed by atoms with van der Waals surface area (Å²) in [5.41, 5.74) is 12.9. The van der Waals surface area contributed by atoms with Crippen LogP contribution >= 0.6 is 0 Å². The molecule has 0 N–H and O–H groups in total. The van der Waals surface area contributed by atoms with E-state index in [1.807, 2.05) is 0 Å². The Hall–Kier alpha value is -4.94. The van der Waals surface area contributed by atoms with Crippen LogP contribution in [0.3, 0.4) is 0 Å². The van der Waals surface area contributed by atoms with Gasteiger partial charge in [0.2, 0.25) is 0 Å². The molecular formula is C50H44. The third-order valence-corrected chi connectivity index (χ3v) is 12.6. The Morgan fingerprint density at radius 1 is 0.520 bits per heavy atom. The first kappa shape index (κ1) is 29.9. The van der Waals surface area contributed by atoms with Crippen molar-refractivity contribution in [3.63, 3.8) is 0 Å². The zero-order valence-corrected chi connectivity index (χ0v) is 29.2. The molecule has 0 heterocycles. The Balaban J connectivity index is 1.15. The predicted octanol–water partition coefficient (Wildman–Crippen LogP) is 10.1. The molecule has 50 heavy (non-hydrogen) atoms. The highest BCUT2D eigenvalue weighted by Gasteiger charge is 2.48. The molecule has 0 heteroatoms. The Morgan fingerprint density at radius 3 is 2.08 bits per heavy atom. The minimum absolute atomic E-state index is 0.0702. The maximum Gasteiger partial charge on any atom is 0.0140 e. The van der Waals surface area contributed by atoms with Gasteiger partial charge in [-0.05, 0) is 72.3 Å². The molecule has 8 atom stereocenters. The summed E-state index contributed by atoms with van der Waals surface area (Å²) in [6.07, 6.45) is 45.3. The van der Waals surface area contributed by atoms with E-state index < -0.39 is 0 Å². The number of hydrogen-bond donors (Lipinski definition) is 0. The lowest BCUT2D eigenvalue weighted by Crippen LogP contribution is -2.41. The average Bonchev–Trinajstić information content (AvgIpc) is 3.48. The molecule has 0 spiro atoms. The third-order valence-electron chi connectivity index (χ3n) is 12.6. The largest absolute Gasteiger partial charge is 0.0799 e. The Kier molecular flexibility index (Phi) is 6.76. The van der Waals surface area contributed by atoms with Gasteiger partial charge in [0.15, 0.2) is 0 Å². The first-order valence-electron chi connectivity index (χ1n) is 18.7. The lowest BCUT2D eigenvalue weighted by atomic mass is 9.64. The molecule has 0 nitrogen and oxygen atoms in total. The molecule has 0 bridgehead atoms. The van der Waals surface area contributed by atoms with Crippen molar-refractivity contribution < 1.29 is 0 Å². The molecule has 0 amide bonds. The zero-order chi connectivity index (χ0) is 33.6. The SMILES string of the molecule is CC(C)(C)C1=CC2C(c3ccc(C4=CC5C=CC=CC5C=C4)cc3)=c3ccccc3=C(C3=C4C=CC=C5C6C=CC=CC6C(C=C3)C54)C2C=C1. The van der Waals surface area contributed by atoms with Crippen LogP contribution in [0.25, 0.3) is 16.7 Å². The predicted molar refractivity (Wildman–Crippen MR) is 210 cm³/mol. The van der Waals surface area contributed by atoms with E-state index in [0.717, 1.165) is 0 Å². The molecule has 8 unspecified atom stereocenters. The molecule has 2 aromatic carbocycles. The van der Waals surface area contributed by atoms with Gasteiger partial charge in [0.25, 0.3) is 0 Å². The lowest BCUT2D eigenvalue weighted by Gasteiger charge is -2.39. The number of allylic oxidation sites excluding steroid dienone is 24. The van der Waals surface area contributed by atoms with Gasteiger partial charge in [-0.25, -0.2) is 0 Å². The van der Waals surface area contributed by atoms with E-state index in [2.05, 4.69) is 185 Å². The fourth-order valence-electron chi connectivity index (χ4n) is 10.2. The second-order valence-corrected chi connectivity index (χ2v) is 16.3. The maximum absolute atomic E-state index is 2.61. The first-order chi connectivity index (χ1) is 24.4. The van der Waals surface area contributed by atoms with E-state index in [9.17, 15) is 0 Å². The van der Waals surface area contributed by atoms with Crippen LogP contribution in [0.2, 0.25) is 0 Å². The number of rotatable bonds is 3. The highest BCUT2D eigenvalue weighted by molar-refractivity contribution is 5.85. The maximum atomic E-state index is 2.61. The van der Waals surface area contributed by atoms with Crippen LogP contribution in [0.5, 0.6) is 0 Å². The molecular weight excluding hydrogens is 601 g/mol. The molecule has 0 aromatic heterocycles. The second kappa shape index (κ2) is 11.3. The fraction of sp³-hybridized carbons (Fsp3) is 0.240. The van der Waals surface area contributed by atoms with Crippen molar-refractivity contribution in [3.05, 3.63) is 208 Å². The molecule has 0 radical (unpaired) electrons. The van der Waals surface area contributed by atoms with Crippen molar-refractivity contribution in [3.8, 4) is 0 Å². The van der Waals surface area contributed by atoms with Gasteiger partial charge in [-0.1, -0.05) is 190 Å². The van der Waals surface area contributed by atoms with E-state index >= 15 is 0 Å². The van der Waals surface area contributed by atoms with Crippen molar-refractivity contribution >= 4 is 16.7 Å². The molecule has 0 aliphatic heterocycles. The van der Waals surface area contributed by atoms with Crippen molar-refractivity contribution in [1.29, 1.82) is 0 Å².